The van der Waals surface area contributed by atoms with E-state index < -0.39 is 0 Å². The minimum atomic E-state index is -0.303. The Hall–Kier alpha value is -4.77. The summed E-state index contributed by atoms with van der Waals surface area (Å²) >= 11 is 0. The van der Waals surface area contributed by atoms with E-state index in [0.29, 0.717) is 23.8 Å². The Kier molecular flexibility index (Phi) is 7.55. The summed E-state index contributed by atoms with van der Waals surface area (Å²) in [5.41, 5.74) is 8.78. The monoisotopic (exact) mass is 499 g/mol. The van der Waals surface area contributed by atoms with E-state index in [1.165, 1.54) is 5.56 Å². The number of hydrogen-bond acceptors (Lipinski definition) is 4. The first-order valence-electron chi connectivity index (χ1n) is 12.7. The number of fused-ring (bicyclic) bond motifs is 1. The molecule has 0 aliphatic heterocycles. The first-order chi connectivity index (χ1) is 18.6. The molecule has 0 fully saturated rings. The number of carbonyl (C=O) groups is 1. The zero-order valence-electron chi connectivity index (χ0n) is 21.5. The molecular formula is C33H29N3O2. The Morgan fingerprint density at radius 1 is 0.895 bits per heavy atom. The van der Waals surface area contributed by atoms with Crippen LogP contribution in [-0.2, 0) is 6.61 Å². The number of nitrogens with one attached hydrogen (secondary N) is 1. The van der Waals surface area contributed by atoms with Crippen molar-refractivity contribution in [3.63, 3.8) is 0 Å². The molecule has 0 atom stereocenters. The zero-order chi connectivity index (χ0) is 26.3. The molecule has 4 aromatic carbocycles. The molecule has 5 heteroatoms. The van der Waals surface area contributed by atoms with E-state index in [-0.39, 0.29) is 5.91 Å². The van der Waals surface area contributed by atoms with E-state index in [0.717, 1.165) is 33.3 Å². The fourth-order valence-corrected chi connectivity index (χ4v) is 4.22. The Balaban J connectivity index is 1.37. The van der Waals surface area contributed by atoms with Gasteiger partial charge in [-0.2, -0.15) is 5.10 Å². The van der Waals surface area contributed by atoms with Crippen molar-refractivity contribution in [3.8, 4) is 17.0 Å². The van der Waals surface area contributed by atoms with Crippen molar-refractivity contribution in [2.75, 3.05) is 0 Å². The van der Waals surface area contributed by atoms with Gasteiger partial charge in [-0.15, -0.1) is 0 Å². The summed E-state index contributed by atoms with van der Waals surface area (Å²) in [5, 5.41) is 5.02. The predicted octanol–water partition coefficient (Wildman–Crippen LogP) is 7.37. The smallest absolute Gasteiger partial charge is 0.272 e. The number of amides is 1. The number of hydrazone groups is 1. The second-order valence-electron chi connectivity index (χ2n) is 9.36. The minimum Gasteiger partial charge on any atom is -0.488 e. The van der Waals surface area contributed by atoms with Gasteiger partial charge in [0.05, 0.1) is 23.0 Å². The van der Waals surface area contributed by atoms with Crippen LogP contribution in [0.1, 0.15) is 46.8 Å². The molecule has 0 bridgehead atoms. The fourth-order valence-electron chi connectivity index (χ4n) is 4.22. The molecule has 1 amide bonds. The Morgan fingerprint density at radius 3 is 2.39 bits per heavy atom. The zero-order valence-corrected chi connectivity index (χ0v) is 21.5. The number of ether oxygens (including phenoxy) is 1. The average molecular weight is 500 g/mol. The summed E-state index contributed by atoms with van der Waals surface area (Å²) in [6.07, 6.45) is 1.60. The van der Waals surface area contributed by atoms with E-state index in [1.54, 1.807) is 6.21 Å². The van der Waals surface area contributed by atoms with Gasteiger partial charge in [-0.25, -0.2) is 10.4 Å². The highest BCUT2D eigenvalue weighted by Crippen LogP contribution is 2.26. The van der Waals surface area contributed by atoms with Gasteiger partial charge < -0.3 is 4.74 Å². The lowest BCUT2D eigenvalue weighted by Crippen LogP contribution is -2.18. The molecule has 0 unspecified atom stereocenters. The van der Waals surface area contributed by atoms with Crippen LogP contribution in [0.3, 0.4) is 0 Å². The third-order valence-electron chi connectivity index (χ3n) is 6.36. The second kappa shape index (κ2) is 11.5. The molecule has 188 valence electrons. The highest BCUT2D eigenvalue weighted by Gasteiger charge is 2.14. The van der Waals surface area contributed by atoms with Crippen LogP contribution in [-0.4, -0.2) is 17.1 Å². The standard InChI is InChI=1S/C33H29N3O2/c1-23(2)25-16-18-26(19-17-25)31-20-29(28-13-7-8-14-30(28)35-31)33(37)36-34-21-27-12-6-9-15-32(27)38-22-24-10-4-3-5-11-24/h3-21,23H,22H2,1-2H3,(H,36,37)/b34-21+. The van der Waals surface area contributed by atoms with Gasteiger partial charge in [0.15, 0.2) is 0 Å². The summed E-state index contributed by atoms with van der Waals surface area (Å²) in [7, 11) is 0. The summed E-state index contributed by atoms with van der Waals surface area (Å²) in [5.74, 6) is 0.833. The highest BCUT2D eigenvalue weighted by molar-refractivity contribution is 6.07. The lowest BCUT2D eigenvalue weighted by molar-refractivity contribution is 0.0956. The predicted molar refractivity (Wildman–Crippen MR) is 154 cm³/mol. The summed E-state index contributed by atoms with van der Waals surface area (Å²) in [6, 6.07) is 35.4. The number of pyridine rings is 1. The molecule has 1 aromatic heterocycles. The molecule has 1 heterocycles. The maximum Gasteiger partial charge on any atom is 0.272 e. The minimum absolute atomic E-state index is 0.303. The Morgan fingerprint density at radius 2 is 1.61 bits per heavy atom. The van der Waals surface area contributed by atoms with Crippen LogP contribution in [0.25, 0.3) is 22.2 Å². The molecule has 0 aliphatic rings. The molecule has 0 saturated heterocycles. The van der Waals surface area contributed by atoms with E-state index in [1.807, 2.05) is 84.9 Å². The molecule has 0 aliphatic carbocycles. The molecule has 0 spiro atoms. The van der Waals surface area contributed by atoms with Crippen molar-refractivity contribution >= 4 is 23.0 Å². The van der Waals surface area contributed by atoms with Crippen molar-refractivity contribution in [3.05, 3.63) is 131 Å². The van der Waals surface area contributed by atoms with Gasteiger partial charge in [-0.1, -0.05) is 98.8 Å². The Labute approximate surface area is 222 Å². The van der Waals surface area contributed by atoms with Crippen LogP contribution in [0, 0.1) is 0 Å². The third-order valence-corrected chi connectivity index (χ3v) is 6.36. The number of hydrogen-bond donors (Lipinski definition) is 1. The van der Waals surface area contributed by atoms with Gasteiger partial charge in [0.25, 0.3) is 5.91 Å². The topological polar surface area (TPSA) is 63.6 Å². The Bertz CT molecular complexity index is 1580. The second-order valence-corrected chi connectivity index (χ2v) is 9.36. The van der Waals surface area contributed by atoms with Crippen LogP contribution in [0.4, 0.5) is 0 Å². The van der Waals surface area contributed by atoms with Crippen LogP contribution >= 0.6 is 0 Å². The van der Waals surface area contributed by atoms with Crippen molar-refractivity contribution < 1.29 is 9.53 Å². The molecular weight excluding hydrogens is 470 g/mol. The lowest BCUT2D eigenvalue weighted by Gasteiger charge is -2.11. The van der Waals surface area contributed by atoms with Gasteiger partial charge >= 0.3 is 0 Å². The van der Waals surface area contributed by atoms with Crippen LogP contribution in [0.2, 0.25) is 0 Å². The number of aromatic nitrogens is 1. The molecule has 5 aromatic rings. The van der Waals surface area contributed by atoms with E-state index in [4.69, 9.17) is 9.72 Å². The van der Waals surface area contributed by atoms with E-state index in [2.05, 4.69) is 48.6 Å². The van der Waals surface area contributed by atoms with Crippen LogP contribution in [0.5, 0.6) is 5.75 Å². The largest absolute Gasteiger partial charge is 0.488 e. The number of carbonyl (C=O) groups excluding carboxylic acids is 1. The van der Waals surface area contributed by atoms with Crippen molar-refractivity contribution in [1.29, 1.82) is 0 Å². The first-order valence-corrected chi connectivity index (χ1v) is 12.7. The van der Waals surface area contributed by atoms with Crippen molar-refractivity contribution in [2.45, 2.75) is 26.4 Å². The van der Waals surface area contributed by atoms with E-state index in [9.17, 15) is 4.79 Å². The maximum atomic E-state index is 13.3. The number of rotatable bonds is 8. The van der Waals surface area contributed by atoms with Gasteiger partial charge in [0.2, 0.25) is 0 Å². The van der Waals surface area contributed by atoms with Gasteiger partial charge in [-0.05, 0) is 41.3 Å². The quantitative estimate of drug-likeness (QED) is 0.179. The van der Waals surface area contributed by atoms with Gasteiger partial charge in [0, 0.05) is 16.5 Å². The lowest BCUT2D eigenvalue weighted by atomic mass is 9.99. The van der Waals surface area contributed by atoms with Crippen molar-refractivity contribution in [2.24, 2.45) is 5.10 Å². The molecule has 0 saturated carbocycles. The van der Waals surface area contributed by atoms with Crippen molar-refractivity contribution in [1.82, 2.24) is 10.4 Å². The first kappa shape index (κ1) is 24.9. The SMILES string of the molecule is CC(C)c1ccc(-c2cc(C(=O)N/N=C/c3ccccc3OCc3ccccc3)c3ccccc3n2)cc1. The number of benzene rings is 4. The molecule has 5 rings (SSSR count). The maximum absolute atomic E-state index is 13.3. The normalized spacial score (nSPS) is 11.2. The average Bonchev–Trinajstić information content (AvgIpc) is 2.96. The molecule has 5 nitrogen and oxygen atoms in total. The number of para-hydroxylation sites is 2. The summed E-state index contributed by atoms with van der Waals surface area (Å²) < 4.78 is 6.00. The molecule has 38 heavy (non-hydrogen) atoms. The fraction of sp³-hybridized carbons (Fsp3) is 0.121. The molecule has 1 N–H and O–H groups in total. The molecule has 0 radical (unpaired) electrons. The van der Waals surface area contributed by atoms with Crippen LogP contribution in [0.15, 0.2) is 114 Å². The van der Waals surface area contributed by atoms with Gasteiger partial charge in [-0.3, -0.25) is 4.79 Å². The third kappa shape index (κ3) is 5.79. The summed E-state index contributed by atoms with van der Waals surface area (Å²) in [6.45, 7) is 4.78. The van der Waals surface area contributed by atoms with Gasteiger partial charge in [0.1, 0.15) is 12.4 Å². The van der Waals surface area contributed by atoms with Crippen LogP contribution < -0.4 is 10.2 Å². The highest BCUT2D eigenvalue weighted by atomic mass is 16.5. The number of nitrogens with zero attached hydrogens (tertiary/aromatic N) is 2. The van der Waals surface area contributed by atoms with E-state index >= 15 is 0 Å². The summed E-state index contributed by atoms with van der Waals surface area (Å²) in [4.78, 5) is 18.1.